The Kier molecular flexibility index (Phi) is 6.78. The highest BCUT2D eigenvalue weighted by molar-refractivity contribution is 5.96. The Bertz CT molecular complexity index is 766. The Labute approximate surface area is 155 Å². The lowest BCUT2D eigenvalue weighted by molar-refractivity contribution is -0.117. The molecule has 0 unspecified atom stereocenters. The number of carbonyl (C=O) groups is 2. The van der Waals surface area contributed by atoms with E-state index >= 15 is 0 Å². The summed E-state index contributed by atoms with van der Waals surface area (Å²) in [6.45, 7) is 8.11. The quantitative estimate of drug-likeness (QED) is 0.815. The highest BCUT2D eigenvalue weighted by Crippen LogP contribution is 2.28. The highest BCUT2D eigenvalue weighted by atomic mass is 16.5. The second-order valence-electron chi connectivity index (χ2n) is 6.14. The minimum atomic E-state index is -0.128. The van der Waals surface area contributed by atoms with Crippen molar-refractivity contribution in [1.82, 2.24) is 0 Å². The van der Waals surface area contributed by atoms with Gasteiger partial charge in [0.05, 0.1) is 12.3 Å². The molecule has 0 aliphatic heterocycles. The maximum Gasteiger partial charge on any atom is 0.226 e. The molecule has 138 valence electrons. The van der Waals surface area contributed by atoms with Gasteiger partial charge in [0, 0.05) is 25.6 Å². The molecule has 2 rings (SSSR count). The third kappa shape index (κ3) is 4.85. The van der Waals surface area contributed by atoms with Crippen molar-refractivity contribution in [2.24, 2.45) is 0 Å². The second kappa shape index (κ2) is 9.04. The smallest absolute Gasteiger partial charge is 0.226 e. The lowest BCUT2D eigenvalue weighted by atomic mass is 10.1. The second-order valence-corrected chi connectivity index (χ2v) is 6.14. The fourth-order valence-corrected chi connectivity index (χ4v) is 2.83. The number of nitrogens with one attached hydrogen (secondary N) is 1. The molecule has 26 heavy (non-hydrogen) atoms. The van der Waals surface area contributed by atoms with E-state index in [1.54, 1.807) is 4.90 Å². The molecule has 0 bridgehead atoms. The molecule has 0 saturated carbocycles. The number of rotatable bonds is 7. The largest absolute Gasteiger partial charge is 0.492 e. The van der Waals surface area contributed by atoms with Crippen molar-refractivity contribution in [1.29, 1.82) is 0 Å². The summed E-state index contributed by atoms with van der Waals surface area (Å²) in [5, 5.41) is 2.96. The number of aryl methyl sites for hydroxylation is 2. The van der Waals surface area contributed by atoms with Crippen LogP contribution in [-0.4, -0.2) is 25.0 Å². The van der Waals surface area contributed by atoms with Crippen molar-refractivity contribution in [2.75, 3.05) is 23.4 Å². The van der Waals surface area contributed by atoms with Crippen molar-refractivity contribution in [3.05, 3.63) is 53.6 Å². The topological polar surface area (TPSA) is 58.6 Å². The number of nitrogens with zero attached hydrogens (tertiary/aromatic N) is 1. The number of hydrogen-bond acceptors (Lipinski definition) is 3. The van der Waals surface area contributed by atoms with Gasteiger partial charge in [-0.1, -0.05) is 30.3 Å². The van der Waals surface area contributed by atoms with Gasteiger partial charge in [0.25, 0.3) is 0 Å². The van der Waals surface area contributed by atoms with Gasteiger partial charge in [-0.15, -0.1) is 0 Å². The Hall–Kier alpha value is -2.82. The molecule has 2 amide bonds. The van der Waals surface area contributed by atoms with Crippen LogP contribution >= 0.6 is 0 Å². The van der Waals surface area contributed by atoms with Crippen molar-refractivity contribution < 1.29 is 14.3 Å². The Morgan fingerprint density at radius 3 is 2.31 bits per heavy atom. The maximum atomic E-state index is 12.4. The number of carbonyl (C=O) groups excluding carboxylic acids is 2. The third-order valence-corrected chi connectivity index (χ3v) is 4.14. The average Bonchev–Trinajstić information content (AvgIpc) is 2.60. The summed E-state index contributed by atoms with van der Waals surface area (Å²) in [5.41, 5.74) is 3.55. The summed E-state index contributed by atoms with van der Waals surface area (Å²) in [5.74, 6) is 0.389. The predicted molar refractivity (Wildman–Crippen MR) is 105 cm³/mol. The Balaban J connectivity index is 2.10. The molecule has 0 saturated heterocycles. The van der Waals surface area contributed by atoms with Crippen LogP contribution < -0.4 is 15.0 Å². The molecule has 0 fully saturated rings. The summed E-state index contributed by atoms with van der Waals surface area (Å²) >= 11 is 0. The van der Waals surface area contributed by atoms with E-state index in [4.69, 9.17) is 4.74 Å². The summed E-state index contributed by atoms with van der Waals surface area (Å²) in [7, 11) is 0. The number of ether oxygens (including phenoxy) is 1. The van der Waals surface area contributed by atoms with Crippen LogP contribution in [0.15, 0.2) is 42.5 Å². The van der Waals surface area contributed by atoms with E-state index < -0.39 is 0 Å². The van der Waals surface area contributed by atoms with Gasteiger partial charge in [-0.25, -0.2) is 0 Å². The molecule has 0 atom stereocenters. The minimum absolute atomic E-state index is 0.123. The standard InChI is InChI=1S/C21H26N2O3/c1-5-26-19-12-7-6-11-18(19)23(17(4)24)14-13-20(25)22-21-15(2)9-8-10-16(21)3/h6-12H,5,13-14H2,1-4H3,(H,22,25). The van der Waals surface area contributed by atoms with Gasteiger partial charge < -0.3 is 15.0 Å². The van der Waals surface area contributed by atoms with Crippen LogP contribution in [-0.2, 0) is 9.59 Å². The summed E-state index contributed by atoms with van der Waals surface area (Å²) in [4.78, 5) is 26.1. The van der Waals surface area contributed by atoms with Gasteiger partial charge in [0.2, 0.25) is 11.8 Å². The van der Waals surface area contributed by atoms with Crippen LogP contribution in [0.4, 0.5) is 11.4 Å². The molecule has 5 heteroatoms. The van der Waals surface area contributed by atoms with Gasteiger partial charge in [0.1, 0.15) is 5.75 Å². The fourth-order valence-electron chi connectivity index (χ4n) is 2.83. The van der Waals surface area contributed by atoms with E-state index in [1.807, 2.05) is 63.2 Å². The third-order valence-electron chi connectivity index (χ3n) is 4.14. The van der Waals surface area contributed by atoms with Gasteiger partial charge in [-0.2, -0.15) is 0 Å². The van der Waals surface area contributed by atoms with Gasteiger partial charge >= 0.3 is 0 Å². The SMILES string of the molecule is CCOc1ccccc1N(CCC(=O)Nc1c(C)cccc1C)C(C)=O. The molecular formula is C21H26N2O3. The van der Waals surface area contributed by atoms with E-state index in [9.17, 15) is 9.59 Å². The van der Waals surface area contributed by atoms with E-state index in [2.05, 4.69) is 5.32 Å². The van der Waals surface area contributed by atoms with Crippen LogP contribution in [0.25, 0.3) is 0 Å². The number of amides is 2. The van der Waals surface area contributed by atoms with Crippen LogP contribution in [0.1, 0.15) is 31.4 Å². The monoisotopic (exact) mass is 354 g/mol. The van der Waals surface area contributed by atoms with Crippen LogP contribution in [0.2, 0.25) is 0 Å². The first-order chi connectivity index (χ1) is 12.4. The maximum absolute atomic E-state index is 12.4. The predicted octanol–water partition coefficient (Wildman–Crippen LogP) is 4.08. The minimum Gasteiger partial charge on any atom is -0.492 e. The Morgan fingerprint density at radius 1 is 1.04 bits per heavy atom. The van der Waals surface area contributed by atoms with E-state index in [0.29, 0.717) is 18.0 Å². The zero-order valence-electron chi connectivity index (χ0n) is 15.8. The summed E-state index contributed by atoms with van der Waals surface area (Å²) in [6.07, 6.45) is 0.202. The zero-order valence-corrected chi connectivity index (χ0v) is 15.8. The van der Waals surface area contributed by atoms with Crippen LogP contribution in [0.3, 0.4) is 0 Å². The molecule has 0 aliphatic carbocycles. The van der Waals surface area contributed by atoms with E-state index in [1.165, 1.54) is 6.92 Å². The fraction of sp³-hybridized carbons (Fsp3) is 0.333. The molecule has 2 aromatic rings. The average molecular weight is 354 g/mol. The van der Waals surface area contributed by atoms with Gasteiger partial charge in [0.15, 0.2) is 0 Å². The van der Waals surface area contributed by atoms with Crippen molar-refractivity contribution in [2.45, 2.75) is 34.1 Å². The molecule has 0 aliphatic rings. The lowest BCUT2D eigenvalue weighted by Gasteiger charge is -2.23. The molecule has 0 spiro atoms. The van der Waals surface area contributed by atoms with Crippen molar-refractivity contribution in [3.8, 4) is 5.75 Å². The zero-order chi connectivity index (χ0) is 19.1. The molecule has 1 N–H and O–H groups in total. The first-order valence-corrected chi connectivity index (χ1v) is 8.80. The van der Waals surface area contributed by atoms with E-state index in [-0.39, 0.29) is 24.8 Å². The first-order valence-electron chi connectivity index (χ1n) is 8.80. The normalized spacial score (nSPS) is 10.3. The van der Waals surface area contributed by atoms with Crippen molar-refractivity contribution >= 4 is 23.2 Å². The summed E-state index contributed by atoms with van der Waals surface area (Å²) < 4.78 is 5.61. The molecule has 5 nitrogen and oxygen atoms in total. The molecule has 2 aromatic carbocycles. The first kappa shape index (κ1) is 19.5. The summed E-state index contributed by atoms with van der Waals surface area (Å²) in [6, 6.07) is 13.3. The molecule has 0 aromatic heterocycles. The molecule has 0 radical (unpaired) electrons. The van der Waals surface area contributed by atoms with Crippen molar-refractivity contribution in [3.63, 3.8) is 0 Å². The van der Waals surface area contributed by atoms with Crippen LogP contribution in [0.5, 0.6) is 5.75 Å². The lowest BCUT2D eigenvalue weighted by Crippen LogP contribution is -2.32. The van der Waals surface area contributed by atoms with Gasteiger partial charge in [-0.05, 0) is 44.0 Å². The number of benzene rings is 2. The number of hydrogen-bond donors (Lipinski definition) is 1. The molecular weight excluding hydrogens is 328 g/mol. The number of para-hydroxylation sites is 3. The van der Waals surface area contributed by atoms with Crippen LogP contribution in [0, 0.1) is 13.8 Å². The van der Waals surface area contributed by atoms with E-state index in [0.717, 1.165) is 16.8 Å². The highest BCUT2D eigenvalue weighted by Gasteiger charge is 2.17. The van der Waals surface area contributed by atoms with Gasteiger partial charge in [-0.3, -0.25) is 9.59 Å². The number of anilines is 2. The Morgan fingerprint density at radius 2 is 1.69 bits per heavy atom. The molecule has 0 heterocycles.